The summed E-state index contributed by atoms with van der Waals surface area (Å²) in [7, 11) is 0. The first-order chi connectivity index (χ1) is 12.4. The Bertz CT molecular complexity index is 1020. The molecule has 0 radical (unpaired) electrons. The van der Waals surface area contributed by atoms with Gasteiger partial charge in [0.05, 0.1) is 17.7 Å². The number of benzene rings is 2. The third kappa shape index (κ3) is 4.23. The zero-order valence-corrected chi connectivity index (χ0v) is 15.5. The van der Waals surface area contributed by atoms with Gasteiger partial charge in [-0.3, -0.25) is 14.2 Å². The van der Waals surface area contributed by atoms with Crippen molar-refractivity contribution in [2.45, 2.75) is 13.5 Å². The highest BCUT2D eigenvalue weighted by molar-refractivity contribution is 9.10. The van der Waals surface area contributed by atoms with Crippen molar-refractivity contribution >= 4 is 27.5 Å². The van der Waals surface area contributed by atoms with Crippen LogP contribution >= 0.6 is 15.9 Å². The number of hydrogen-bond acceptors (Lipinski definition) is 3. The molecule has 0 aliphatic heterocycles. The monoisotopic (exact) mass is 415 g/mol. The Morgan fingerprint density at radius 1 is 1.19 bits per heavy atom. The summed E-state index contributed by atoms with van der Waals surface area (Å²) in [5.41, 5.74) is 2.16. The molecule has 26 heavy (non-hydrogen) atoms. The van der Waals surface area contributed by atoms with Gasteiger partial charge in [0.15, 0.2) is 0 Å². The molecule has 0 saturated heterocycles. The minimum atomic E-state index is -0.562. The number of halogens is 2. The molecule has 0 atom stereocenters. The second-order valence-corrected chi connectivity index (χ2v) is 6.69. The highest BCUT2D eigenvalue weighted by atomic mass is 79.9. The van der Waals surface area contributed by atoms with Crippen molar-refractivity contribution < 1.29 is 9.18 Å². The van der Waals surface area contributed by atoms with Crippen LogP contribution in [0.15, 0.2) is 64.1 Å². The molecule has 1 heterocycles. The number of carbonyl (C=O) groups excluding carboxylic acids is 1. The molecular formula is C19H15BrFN3O2. The van der Waals surface area contributed by atoms with E-state index in [1.54, 1.807) is 6.07 Å². The number of nitrogens with one attached hydrogen (secondary N) is 1. The summed E-state index contributed by atoms with van der Waals surface area (Å²) in [6, 6.07) is 13.3. The van der Waals surface area contributed by atoms with Crippen molar-refractivity contribution in [3.05, 3.63) is 81.1 Å². The van der Waals surface area contributed by atoms with Gasteiger partial charge in [-0.15, -0.1) is 0 Å². The zero-order chi connectivity index (χ0) is 18.7. The number of aromatic nitrogens is 2. The SMILES string of the molecule is Cc1ccc(-c2cc(=O)n(CC(=O)Nc3ccc(Br)cc3F)cn2)cc1. The molecule has 0 spiro atoms. The van der Waals surface area contributed by atoms with Crippen molar-refractivity contribution in [2.75, 3.05) is 5.32 Å². The van der Waals surface area contributed by atoms with E-state index in [4.69, 9.17) is 0 Å². The van der Waals surface area contributed by atoms with Crippen molar-refractivity contribution in [1.29, 1.82) is 0 Å². The normalized spacial score (nSPS) is 10.6. The number of nitrogens with zero attached hydrogens (tertiary/aromatic N) is 2. The van der Waals surface area contributed by atoms with E-state index in [9.17, 15) is 14.0 Å². The number of anilines is 1. The zero-order valence-electron chi connectivity index (χ0n) is 13.9. The smallest absolute Gasteiger partial charge is 0.254 e. The van der Waals surface area contributed by atoms with Crippen molar-refractivity contribution in [3.63, 3.8) is 0 Å². The van der Waals surface area contributed by atoms with Crippen LogP contribution in [0.4, 0.5) is 10.1 Å². The van der Waals surface area contributed by atoms with E-state index in [-0.39, 0.29) is 17.8 Å². The van der Waals surface area contributed by atoms with Crippen LogP contribution in [0.25, 0.3) is 11.3 Å². The van der Waals surface area contributed by atoms with Crippen molar-refractivity contribution in [2.24, 2.45) is 0 Å². The van der Waals surface area contributed by atoms with Crippen LogP contribution in [0.3, 0.4) is 0 Å². The summed E-state index contributed by atoms with van der Waals surface area (Å²) in [5, 5.41) is 2.44. The number of hydrogen-bond donors (Lipinski definition) is 1. The molecule has 132 valence electrons. The standard InChI is InChI=1S/C19H15BrFN3O2/c1-12-2-4-13(5-3-12)17-9-19(26)24(11-22-17)10-18(25)23-16-7-6-14(20)8-15(16)21/h2-9,11H,10H2,1H3,(H,23,25). The average Bonchev–Trinajstić information content (AvgIpc) is 2.60. The largest absolute Gasteiger partial charge is 0.322 e. The molecule has 7 heteroatoms. The number of rotatable bonds is 4. The fourth-order valence-electron chi connectivity index (χ4n) is 2.36. The molecule has 5 nitrogen and oxygen atoms in total. The Labute approximate surface area is 157 Å². The summed E-state index contributed by atoms with van der Waals surface area (Å²) >= 11 is 3.15. The molecule has 0 unspecified atom stereocenters. The van der Waals surface area contributed by atoms with Crippen LogP contribution in [0.1, 0.15) is 5.56 Å². The maximum Gasteiger partial charge on any atom is 0.254 e. The minimum absolute atomic E-state index is 0.0514. The highest BCUT2D eigenvalue weighted by Gasteiger charge is 2.10. The van der Waals surface area contributed by atoms with Crippen molar-refractivity contribution in [1.82, 2.24) is 9.55 Å². The molecule has 0 saturated carbocycles. The summed E-state index contributed by atoms with van der Waals surface area (Å²) in [6.07, 6.45) is 1.31. The quantitative estimate of drug-likeness (QED) is 0.705. The molecule has 0 fully saturated rings. The van der Waals surface area contributed by atoms with E-state index in [2.05, 4.69) is 26.2 Å². The first-order valence-corrected chi connectivity index (χ1v) is 8.60. The van der Waals surface area contributed by atoms with Gasteiger partial charge in [0, 0.05) is 16.1 Å². The Kier molecular flexibility index (Phi) is 5.27. The minimum Gasteiger partial charge on any atom is -0.322 e. The Morgan fingerprint density at radius 3 is 2.58 bits per heavy atom. The van der Waals surface area contributed by atoms with Crippen LogP contribution in [0.5, 0.6) is 0 Å². The fourth-order valence-corrected chi connectivity index (χ4v) is 2.70. The van der Waals surface area contributed by atoms with Gasteiger partial charge < -0.3 is 5.32 Å². The lowest BCUT2D eigenvalue weighted by Crippen LogP contribution is -2.27. The Morgan fingerprint density at radius 2 is 1.92 bits per heavy atom. The van der Waals surface area contributed by atoms with Gasteiger partial charge in [-0.25, -0.2) is 9.37 Å². The number of amides is 1. The first kappa shape index (κ1) is 18.0. The lowest BCUT2D eigenvalue weighted by Gasteiger charge is -2.09. The number of aryl methyl sites for hydroxylation is 1. The van der Waals surface area contributed by atoms with E-state index in [0.717, 1.165) is 11.1 Å². The predicted molar refractivity (Wildman–Crippen MR) is 101 cm³/mol. The molecule has 0 bridgehead atoms. The second kappa shape index (κ2) is 7.61. The third-order valence-electron chi connectivity index (χ3n) is 3.75. The summed E-state index contributed by atoms with van der Waals surface area (Å²) in [6.45, 7) is 1.72. The van der Waals surface area contributed by atoms with E-state index in [1.165, 1.54) is 29.1 Å². The number of carbonyl (C=O) groups is 1. The second-order valence-electron chi connectivity index (χ2n) is 5.78. The van der Waals surface area contributed by atoms with Gasteiger partial charge in [-0.05, 0) is 25.1 Å². The Balaban J connectivity index is 1.74. The lowest BCUT2D eigenvalue weighted by molar-refractivity contribution is -0.116. The molecule has 3 aromatic rings. The fraction of sp³-hybridized carbons (Fsp3) is 0.105. The van der Waals surface area contributed by atoms with Crippen LogP contribution in [0, 0.1) is 12.7 Å². The maximum atomic E-state index is 13.8. The Hall–Kier alpha value is -2.80. The van der Waals surface area contributed by atoms with Gasteiger partial charge in [-0.1, -0.05) is 45.8 Å². The van der Waals surface area contributed by atoms with Crippen LogP contribution in [-0.2, 0) is 11.3 Å². The molecule has 0 aliphatic rings. The van der Waals surface area contributed by atoms with E-state index >= 15 is 0 Å². The van der Waals surface area contributed by atoms with E-state index < -0.39 is 11.7 Å². The van der Waals surface area contributed by atoms with Crippen LogP contribution in [0.2, 0.25) is 0 Å². The van der Waals surface area contributed by atoms with E-state index in [0.29, 0.717) is 10.2 Å². The highest BCUT2D eigenvalue weighted by Crippen LogP contribution is 2.19. The lowest BCUT2D eigenvalue weighted by atomic mass is 10.1. The molecule has 2 aromatic carbocycles. The van der Waals surface area contributed by atoms with Gasteiger partial charge in [0.25, 0.3) is 5.56 Å². The van der Waals surface area contributed by atoms with Gasteiger partial charge in [-0.2, -0.15) is 0 Å². The van der Waals surface area contributed by atoms with Gasteiger partial charge in [0.2, 0.25) is 5.91 Å². The molecule has 0 aliphatic carbocycles. The molecule has 1 N–H and O–H groups in total. The summed E-state index contributed by atoms with van der Waals surface area (Å²) in [5.74, 6) is -1.08. The molecule has 1 amide bonds. The van der Waals surface area contributed by atoms with E-state index in [1.807, 2.05) is 31.2 Å². The molecule has 1 aromatic heterocycles. The van der Waals surface area contributed by atoms with Crippen LogP contribution < -0.4 is 10.9 Å². The predicted octanol–water partition coefficient (Wildman–Crippen LogP) is 3.76. The average molecular weight is 416 g/mol. The summed E-state index contributed by atoms with van der Waals surface area (Å²) in [4.78, 5) is 28.6. The van der Waals surface area contributed by atoms with Gasteiger partial charge in [0.1, 0.15) is 12.4 Å². The summed E-state index contributed by atoms with van der Waals surface area (Å²) < 4.78 is 15.5. The first-order valence-electron chi connectivity index (χ1n) is 7.81. The topological polar surface area (TPSA) is 64.0 Å². The third-order valence-corrected chi connectivity index (χ3v) is 4.24. The maximum absolute atomic E-state index is 13.8. The molecule has 3 rings (SSSR count). The van der Waals surface area contributed by atoms with Gasteiger partial charge >= 0.3 is 0 Å². The van der Waals surface area contributed by atoms with Crippen LogP contribution in [-0.4, -0.2) is 15.5 Å². The molecular weight excluding hydrogens is 401 g/mol. The van der Waals surface area contributed by atoms with Crippen molar-refractivity contribution in [3.8, 4) is 11.3 Å².